The van der Waals surface area contributed by atoms with Gasteiger partial charge in [-0.1, -0.05) is 12.1 Å². The molecule has 0 saturated heterocycles. The van der Waals surface area contributed by atoms with Crippen molar-refractivity contribution in [1.29, 1.82) is 5.41 Å². The lowest BCUT2D eigenvalue weighted by Gasteiger charge is -2.18. The summed E-state index contributed by atoms with van der Waals surface area (Å²) in [6, 6.07) is 6.67. The number of nitrogens with one attached hydrogen (secondary N) is 1. The highest BCUT2D eigenvalue weighted by molar-refractivity contribution is 6.01. The molecule has 2 atom stereocenters. The first-order chi connectivity index (χ1) is 11.6. The molecule has 0 fully saturated rings. The first kappa shape index (κ1) is 17.7. The Balaban J connectivity index is 2.01. The molecule has 0 saturated carbocycles. The van der Waals surface area contributed by atoms with E-state index in [-0.39, 0.29) is 30.0 Å². The van der Waals surface area contributed by atoms with Gasteiger partial charge in [0.2, 0.25) is 5.90 Å². The first-order valence-corrected chi connectivity index (χ1v) is 7.75. The molecule has 2 rings (SSSR count). The van der Waals surface area contributed by atoms with Gasteiger partial charge in [-0.2, -0.15) is 0 Å². The number of aryl methyl sites for hydroxylation is 1. The number of hydrogen-bond acceptors (Lipinski definition) is 6. The van der Waals surface area contributed by atoms with E-state index >= 15 is 0 Å². The monoisotopic (exact) mass is 332 g/mol. The van der Waals surface area contributed by atoms with Crippen LogP contribution in [0.25, 0.3) is 0 Å². The summed E-state index contributed by atoms with van der Waals surface area (Å²) in [5.41, 5.74) is 1.23. The second-order valence-corrected chi connectivity index (χ2v) is 5.45. The molecule has 2 unspecified atom stereocenters. The van der Waals surface area contributed by atoms with E-state index in [9.17, 15) is 9.59 Å². The number of carboxylic acid groups (broad SMARTS) is 1. The van der Waals surface area contributed by atoms with Crippen LogP contribution in [0.1, 0.15) is 29.3 Å². The molecule has 24 heavy (non-hydrogen) atoms. The Labute approximate surface area is 139 Å². The van der Waals surface area contributed by atoms with E-state index in [4.69, 9.17) is 20.0 Å². The highest BCUT2D eigenvalue weighted by Crippen LogP contribution is 2.28. The topological polar surface area (TPSA) is 109 Å². The number of ether oxygens (including phenoxy) is 2. The normalized spacial score (nSPS) is 19.5. The number of hydrogen-bond donors (Lipinski definition) is 2. The average Bonchev–Trinajstić information content (AvgIpc) is 2.96. The van der Waals surface area contributed by atoms with Crippen LogP contribution in [-0.2, 0) is 20.7 Å². The number of nitrogens with zero attached hydrogens (tertiary/aromatic N) is 1. The summed E-state index contributed by atoms with van der Waals surface area (Å²) in [5, 5.41) is 15.9. The predicted octanol–water partition coefficient (Wildman–Crippen LogP) is 2.15. The second kappa shape index (κ2) is 8.24. The molecular weight excluding hydrogens is 312 g/mol. The number of carbonyl (C=O) groups excluding carboxylic acids is 1. The van der Waals surface area contributed by atoms with Crippen molar-refractivity contribution >= 4 is 24.2 Å². The molecule has 0 aromatic heterocycles. The van der Waals surface area contributed by atoms with E-state index in [2.05, 4.69) is 4.99 Å². The fourth-order valence-electron chi connectivity index (χ4n) is 2.73. The van der Waals surface area contributed by atoms with Crippen molar-refractivity contribution in [3.63, 3.8) is 0 Å². The molecule has 0 spiro atoms. The molecule has 1 aliphatic rings. The van der Waals surface area contributed by atoms with Crippen LogP contribution < -0.4 is 0 Å². The Bertz CT molecular complexity index is 639. The molecule has 128 valence electrons. The highest BCUT2D eigenvalue weighted by atomic mass is 16.5. The van der Waals surface area contributed by atoms with Gasteiger partial charge in [-0.25, -0.2) is 4.79 Å². The summed E-state index contributed by atoms with van der Waals surface area (Å²) < 4.78 is 10.1. The number of benzene rings is 1. The summed E-state index contributed by atoms with van der Waals surface area (Å²) in [4.78, 5) is 27.2. The van der Waals surface area contributed by atoms with Crippen molar-refractivity contribution in [2.24, 2.45) is 16.8 Å². The largest absolute Gasteiger partial charge is 0.478 e. The maximum Gasteiger partial charge on any atom is 0.335 e. The standard InChI is InChI=1S/C17H20N2O5/c1-2-23-17(22)14-13(9-19-15(14)24-10-18)8-5-11-3-6-12(7-4-11)16(20)21/h3-4,6-7,10,13-14,18H,2,5,8-9H2,1H3,(H,20,21). The summed E-state index contributed by atoms with van der Waals surface area (Å²) in [5.74, 6) is -1.76. The Hall–Kier alpha value is -2.70. The first-order valence-electron chi connectivity index (χ1n) is 7.75. The fraction of sp³-hybridized carbons (Fsp3) is 0.412. The number of aromatic carboxylic acids is 1. The summed E-state index contributed by atoms with van der Waals surface area (Å²) >= 11 is 0. The van der Waals surface area contributed by atoms with Crippen molar-refractivity contribution in [1.82, 2.24) is 0 Å². The van der Waals surface area contributed by atoms with Crippen molar-refractivity contribution in [2.45, 2.75) is 19.8 Å². The molecule has 1 aromatic rings. The van der Waals surface area contributed by atoms with Crippen LogP contribution in [0.2, 0.25) is 0 Å². The van der Waals surface area contributed by atoms with Crippen molar-refractivity contribution in [2.75, 3.05) is 13.2 Å². The van der Waals surface area contributed by atoms with Crippen LogP contribution in [0, 0.1) is 17.2 Å². The summed E-state index contributed by atoms with van der Waals surface area (Å²) in [7, 11) is 0. The number of aliphatic imine (C=N–C) groups is 1. The van der Waals surface area contributed by atoms with Crippen molar-refractivity contribution in [3.8, 4) is 0 Å². The minimum atomic E-state index is -0.957. The van der Waals surface area contributed by atoms with Gasteiger partial charge in [0.1, 0.15) is 5.92 Å². The predicted molar refractivity (Wildman–Crippen MR) is 87.5 cm³/mol. The third-order valence-electron chi connectivity index (χ3n) is 3.94. The van der Waals surface area contributed by atoms with Gasteiger partial charge in [0.15, 0.2) is 6.40 Å². The second-order valence-electron chi connectivity index (χ2n) is 5.45. The minimum Gasteiger partial charge on any atom is -0.478 e. The third kappa shape index (κ3) is 4.18. The van der Waals surface area contributed by atoms with Crippen LogP contribution in [0.5, 0.6) is 0 Å². The number of rotatable bonds is 7. The van der Waals surface area contributed by atoms with Crippen molar-refractivity contribution < 1.29 is 24.2 Å². The van der Waals surface area contributed by atoms with Gasteiger partial charge >= 0.3 is 11.9 Å². The molecule has 1 heterocycles. The molecule has 0 amide bonds. The highest BCUT2D eigenvalue weighted by Gasteiger charge is 2.39. The number of esters is 1. The maximum atomic E-state index is 12.1. The van der Waals surface area contributed by atoms with E-state index in [1.54, 1.807) is 31.2 Å². The van der Waals surface area contributed by atoms with Crippen LogP contribution >= 0.6 is 0 Å². The van der Waals surface area contributed by atoms with E-state index in [1.807, 2.05) is 0 Å². The molecular formula is C17H20N2O5. The van der Waals surface area contributed by atoms with Crippen LogP contribution in [0.15, 0.2) is 29.3 Å². The van der Waals surface area contributed by atoms with Crippen molar-refractivity contribution in [3.05, 3.63) is 35.4 Å². The van der Waals surface area contributed by atoms with E-state index in [0.717, 1.165) is 12.0 Å². The smallest absolute Gasteiger partial charge is 0.335 e. The summed E-state index contributed by atoms with van der Waals surface area (Å²) in [6.07, 6.45) is 2.14. The zero-order valence-electron chi connectivity index (χ0n) is 13.4. The molecule has 7 nitrogen and oxygen atoms in total. The maximum absolute atomic E-state index is 12.1. The van der Waals surface area contributed by atoms with E-state index < -0.39 is 11.9 Å². The molecule has 0 radical (unpaired) electrons. The molecule has 1 aromatic carbocycles. The van der Waals surface area contributed by atoms with Crippen LogP contribution in [0.4, 0.5) is 0 Å². The Morgan fingerprint density at radius 2 is 2.08 bits per heavy atom. The Kier molecular flexibility index (Phi) is 6.06. The van der Waals surface area contributed by atoms with Gasteiger partial charge in [0.05, 0.1) is 12.2 Å². The van der Waals surface area contributed by atoms with Gasteiger partial charge in [-0.15, -0.1) is 0 Å². The zero-order chi connectivity index (χ0) is 17.5. The molecule has 7 heteroatoms. The number of carbonyl (C=O) groups is 2. The van der Waals surface area contributed by atoms with Gasteiger partial charge in [0, 0.05) is 12.5 Å². The number of carboxylic acids is 1. The average molecular weight is 332 g/mol. The van der Waals surface area contributed by atoms with E-state index in [1.165, 1.54) is 0 Å². The molecule has 1 aliphatic heterocycles. The summed E-state index contributed by atoms with van der Waals surface area (Å²) in [6.45, 7) is 2.45. The van der Waals surface area contributed by atoms with Gasteiger partial charge in [0.25, 0.3) is 0 Å². The Morgan fingerprint density at radius 3 is 2.67 bits per heavy atom. The van der Waals surface area contributed by atoms with Crippen LogP contribution in [0.3, 0.4) is 0 Å². The fourth-order valence-corrected chi connectivity index (χ4v) is 2.73. The Morgan fingerprint density at radius 1 is 1.38 bits per heavy atom. The lowest BCUT2D eigenvalue weighted by Crippen LogP contribution is -2.31. The van der Waals surface area contributed by atoms with Crippen LogP contribution in [-0.4, -0.2) is 42.5 Å². The van der Waals surface area contributed by atoms with E-state index in [0.29, 0.717) is 19.4 Å². The molecule has 0 aliphatic carbocycles. The van der Waals surface area contributed by atoms with Gasteiger partial charge in [-0.05, 0) is 37.5 Å². The molecule has 0 bridgehead atoms. The quantitative estimate of drug-likeness (QED) is 0.452. The molecule has 2 N–H and O–H groups in total. The third-order valence-corrected chi connectivity index (χ3v) is 3.94. The lowest BCUT2D eigenvalue weighted by atomic mass is 9.89. The lowest BCUT2D eigenvalue weighted by molar-refractivity contribution is -0.147. The van der Waals surface area contributed by atoms with Gasteiger partial charge < -0.3 is 14.6 Å². The SMILES string of the molecule is CCOC(=O)C1C(OC=N)=NCC1CCc1ccc(C(=O)O)cc1. The zero-order valence-corrected chi connectivity index (χ0v) is 13.4. The minimum absolute atomic E-state index is 0.0573. The van der Waals surface area contributed by atoms with Gasteiger partial charge in [-0.3, -0.25) is 15.2 Å².